The first-order chi connectivity index (χ1) is 12.3. The van der Waals surface area contributed by atoms with Gasteiger partial charge in [-0.15, -0.1) is 0 Å². The Morgan fingerprint density at radius 2 is 1.88 bits per heavy atom. The molecule has 0 aliphatic carbocycles. The van der Waals surface area contributed by atoms with Crippen molar-refractivity contribution in [2.24, 2.45) is 5.14 Å². The van der Waals surface area contributed by atoms with E-state index in [1.54, 1.807) is 30.3 Å². The fourth-order valence-electron chi connectivity index (χ4n) is 2.47. The fraction of sp³-hybridized carbons (Fsp3) is 0.0588. The maximum absolute atomic E-state index is 12.2. The summed E-state index contributed by atoms with van der Waals surface area (Å²) in [5, 5.41) is 7.84. The summed E-state index contributed by atoms with van der Waals surface area (Å²) in [6.45, 7) is 0. The molecule has 26 heavy (non-hydrogen) atoms. The van der Waals surface area contributed by atoms with Crippen LogP contribution in [0.2, 0.25) is 0 Å². The summed E-state index contributed by atoms with van der Waals surface area (Å²) in [5.74, 6) is -0.701. The van der Waals surface area contributed by atoms with Gasteiger partial charge in [0.1, 0.15) is 0 Å². The summed E-state index contributed by atoms with van der Waals surface area (Å²) in [6, 6.07) is 11.2. The molecule has 7 nitrogen and oxygen atoms in total. The molecule has 1 heterocycles. The van der Waals surface area contributed by atoms with Gasteiger partial charge in [0.25, 0.3) is 0 Å². The van der Waals surface area contributed by atoms with Crippen molar-refractivity contribution in [3.63, 3.8) is 0 Å². The molecule has 0 saturated carbocycles. The van der Waals surface area contributed by atoms with Crippen molar-refractivity contribution >= 4 is 53.3 Å². The summed E-state index contributed by atoms with van der Waals surface area (Å²) < 4.78 is 28.2. The van der Waals surface area contributed by atoms with Gasteiger partial charge in [-0.2, -0.15) is 0 Å². The summed E-state index contributed by atoms with van der Waals surface area (Å²) in [4.78, 5) is 25.8. The van der Waals surface area contributed by atoms with Gasteiger partial charge in [-0.3, -0.25) is 0 Å². The molecule has 2 aromatic carbocycles. The van der Waals surface area contributed by atoms with E-state index < -0.39 is 31.7 Å². The zero-order valence-electron chi connectivity index (χ0n) is 13.6. The summed E-state index contributed by atoms with van der Waals surface area (Å²) in [6.07, 6.45) is 0. The van der Waals surface area contributed by atoms with E-state index in [0.29, 0.717) is 22.4 Å². The molecule has 1 atom stereocenters. The average molecular weight is 434 g/mol. The zero-order chi connectivity index (χ0) is 18.9. The van der Waals surface area contributed by atoms with E-state index in [1.807, 2.05) is 4.86 Å². The number of hydrogen-bond acceptors (Lipinski definition) is 5. The van der Waals surface area contributed by atoms with Gasteiger partial charge in [0.05, 0.1) is 0 Å². The molecule has 1 aliphatic rings. The summed E-state index contributed by atoms with van der Waals surface area (Å²) >= 11 is -0.844. The van der Waals surface area contributed by atoms with Gasteiger partial charge >= 0.3 is 157 Å². The second-order valence-corrected chi connectivity index (χ2v) is 9.46. The van der Waals surface area contributed by atoms with Gasteiger partial charge in [-0.1, -0.05) is 0 Å². The quantitative estimate of drug-likeness (QED) is 0.405. The Morgan fingerprint density at radius 3 is 2.50 bits per heavy atom. The SMILES string of the molecule is COC(=O)c1ccc2c(c1)C(=C[AsH]c1ccc(S(N)(=O)=O)cc1)C(=O)N2. The number of hydrogen-bond donors (Lipinski definition) is 2. The molecular formula is C17H15AsN2O5S. The first-order valence-corrected chi connectivity index (χ1v) is 11.2. The van der Waals surface area contributed by atoms with Crippen molar-refractivity contribution in [1.29, 1.82) is 0 Å². The number of nitrogens with two attached hydrogens (primary N) is 1. The van der Waals surface area contributed by atoms with Gasteiger partial charge < -0.3 is 0 Å². The molecule has 134 valence electrons. The third kappa shape index (κ3) is 3.72. The monoisotopic (exact) mass is 434 g/mol. The first-order valence-electron chi connectivity index (χ1n) is 7.43. The third-order valence-corrected chi connectivity index (χ3v) is 7.03. The van der Waals surface area contributed by atoms with E-state index in [-0.39, 0.29) is 10.8 Å². The number of carbonyl (C=O) groups is 2. The van der Waals surface area contributed by atoms with Gasteiger partial charge in [-0.05, 0) is 0 Å². The normalized spacial score (nSPS) is 15.3. The molecule has 0 fully saturated rings. The van der Waals surface area contributed by atoms with Crippen LogP contribution in [-0.2, 0) is 19.6 Å². The predicted octanol–water partition coefficient (Wildman–Crippen LogP) is 0.176. The Labute approximate surface area is 157 Å². The number of nitrogens with one attached hydrogen (secondary N) is 1. The van der Waals surface area contributed by atoms with Crippen LogP contribution in [0.4, 0.5) is 5.69 Å². The molecule has 0 radical (unpaired) electrons. The van der Waals surface area contributed by atoms with E-state index in [2.05, 4.69) is 5.32 Å². The summed E-state index contributed by atoms with van der Waals surface area (Å²) in [5.41, 5.74) is 2.17. The zero-order valence-corrected chi connectivity index (χ0v) is 16.6. The Morgan fingerprint density at radius 1 is 1.19 bits per heavy atom. The number of anilines is 1. The number of carbonyl (C=O) groups excluding carboxylic acids is 2. The number of fused-ring (bicyclic) bond motifs is 1. The van der Waals surface area contributed by atoms with Gasteiger partial charge in [0.15, 0.2) is 0 Å². The van der Waals surface area contributed by atoms with Crippen molar-refractivity contribution < 1.29 is 22.7 Å². The Bertz CT molecular complexity index is 1030. The molecule has 3 N–H and O–H groups in total. The number of esters is 1. The molecule has 3 rings (SSSR count). The van der Waals surface area contributed by atoms with Crippen LogP contribution in [-0.4, -0.2) is 43.2 Å². The van der Waals surface area contributed by atoms with Crippen molar-refractivity contribution in [3.8, 4) is 0 Å². The number of methoxy groups -OCH3 is 1. The number of rotatable bonds is 4. The van der Waals surface area contributed by atoms with Crippen LogP contribution in [0.1, 0.15) is 15.9 Å². The number of sulfonamides is 1. The molecule has 1 amide bonds. The summed E-state index contributed by atoms with van der Waals surface area (Å²) in [7, 11) is -2.43. The van der Waals surface area contributed by atoms with Gasteiger partial charge in [0.2, 0.25) is 0 Å². The molecule has 0 aromatic heterocycles. The van der Waals surface area contributed by atoms with Crippen molar-refractivity contribution in [2.45, 2.75) is 4.90 Å². The molecule has 1 unspecified atom stereocenters. The molecule has 0 spiro atoms. The second kappa shape index (κ2) is 7.07. The van der Waals surface area contributed by atoms with Gasteiger partial charge in [0, 0.05) is 0 Å². The van der Waals surface area contributed by atoms with E-state index in [4.69, 9.17) is 9.88 Å². The predicted molar refractivity (Wildman–Crippen MR) is 99.0 cm³/mol. The van der Waals surface area contributed by atoms with Crippen LogP contribution in [0.3, 0.4) is 0 Å². The number of amides is 1. The van der Waals surface area contributed by atoms with E-state index in [0.717, 1.165) is 4.35 Å². The molecule has 1 aliphatic heterocycles. The minimum absolute atomic E-state index is 0.0483. The van der Waals surface area contributed by atoms with Crippen LogP contribution >= 0.6 is 0 Å². The standard InChI is InChI=1S/C17H15AsN2O5S/c1-25-17(22)10-2-7-15-13(8-10)14(16(21)20-15)9-18-11-3-5-12(6-4-11)26(19,23)24/h2-9,18H,1H3,(H,20,21)(H2,19,23,24). The Kier molecular flexibility index (Phi) is 5.00. The average Bonchev–Trinajstić information content (AvgIpc) is 2.93. The van der Waals surface area contributed by atoms with Crippen LogP contribution < -0.4 is 14.8 Å². The first kappa shape index (κ1) is 18.4. The Hall–Kier alpha value is -2.41. The number of benzene rings is 2. The fourth-order valence-corrected chi connectivity index (χ4v) is 5.00. The van der Waals surface area contributed by atoms with E-state index in [1.165, 1.54) is 19.2 Å². The molecule has 0 bridgehead atoms. The van der Waals surface area contributed by atoms with Crippen molar-refractivity contribution in [2.75, 3.05) is 12.4 Å². The van der Waals surface area contributed by atoms with Crippen molar-refractivity contribution in [3.05, 3.63) is 58.5 Å². The van der Waals surface area contributed by atoms with Crippen LogP contribution in [0.5, 0.6) is 0 Å². The van der Waals surface area contributed by atoms with E-state index >= 15 is 0 Å². The van der Waals surface area contributed by atoms with Gasteiger partial charge in [-0.25, -0.2) is 0 Å². The molecular weight excluding hydrogens is 419 g/mol. The van der Waals surface area contributed by atoms with Crippen LogP contribution in [0, 0.1) is 0 Å². The molecule has 2 aromatic rings. The Balaban J connectivity index is 1.88. The van der Waals surface area contributed by atoms with Crippen molar-refractivity contribution in [1.82, 2.24) is 0 Å². The second-order valence-electron chi connectivity index (χ2n) is 5.48. The molecule has 9 heteroatoms. The topological polar surface area (TPSA) is 116 Å². The van der Waals surface area contributed by atoms with Crippen LogP contribution in [0.15, 0.2) is 52.2 Å². The third-order valence-electron chi connectivity index (χ3n) is 3.79. The van der Waals surface area contributed by atoms with Crippen LogP contribution in [0.25, 0.3) is 5.57 Å². The number of primary sulfonamides is 1. The molecule has 0 saturated heterocycles. The number of ether oxygens (including phenoxy) is 1. The van der Waals surface area contributed by atoms with E-state index in [9.17, 15) is 18.0 Å². The maximum atomic E-state index is 12.2. The minimum atomic E-state index is -3.72.